The molecule has 0 saturated heterocycles. The lowest BCUT2D eigenvalue weighted by molar-refractivity contribution is -0.145. The topological polar surface area (TPSA) is 375 Å². The van der Waals surface area contributed by atoms with Gasteiger partial charge >= 0.3 is 5.97 Å². The van der Waals surface area contributed by atoms with Gasteiger partial charge in [-0.3, -0.25) is 29.2 Å². The monoisotopic (exact) mass is 722 g/mol. The molecule has 0 fully saturated rings. The lowest BCUT2D eigenvalue weighted by Crippen LogP contribution is -2.59. The van der Waals surface area contributed by atoms with E-state index in [1.54, 1.807) is 12.1 Å². The lowest BCUT2D eigenvalue weighted by atomic mass is 10.0. The number of carbonyl (C=O) groups is 5. The van der Waals surface area contributed by atoms with Gasteiger partial charge in [0, 0.05) is 19.5 Å². The molecule has 1 rings (SSSR count). The van der Waals surface area contributed by atoms with Gasteiger partial charge in [-0.2, -0.15) is 0 Å². The smallest absolute Gasteiger partial charge is 0.328 e. The standard InChI is InChI=1S/C31H54N12O8/c1-17(44)24(29(50)51)43-27(48)22(8-5-15-39-31(36)37)40-26(47)21(7-2-3-13-32)41-28(49)23(16-18-9-11-19(45)12-10-18)42-25(46)20(33)6-4-14-38-30(34)35/h9-12,17,20-24,44-45H,2-8,13-16,32-33H2,1H3,(H,40,47)(H,41,49)(H,42,46)(H,43,48)(H,50,51)(H4,34,35,38)(H4,36,37,39)/t17-,20+,21+,22+,23+,24+/m1/s1. The molecule has 0 bridgehead atoms. The van der Waals surface area contributed by atoms with E-state index in [-0.39, 0.29) is 62.9 Å². The molecule has 1 aromatic carbocycles. The zero-order valence-corrected chi connectivity index (χ0v) is 28.8. The fourth-order valence-corrected chi connectivity index (χ4v) is 4.73. The lowest BCUT2D eigenvalue weighted by Gasteiger charge is -2.27. The Morgan fingerprint density at radius 2 is 1.18 bits per heavy atom. The van der Waals surface area contributed by atoms with Crippen LogP contribution < -0.4 is 55.7 Å². The van der Waals surface area contributed by atoms with Crippen LogP contribution >= 0.6 is 0 Å². The van der Waals surface area contributed by atoms with Crippen LogP contribution in [0.5, 0.6) is 5.75 Å². The van der Waals surface area contributed by atoms with Gasteiger partial charge in [0.1, 0.15) is 23.9 Å². The number of carboxylic acid groups (broad SMARTS) is 1. The Balaban J connectivity index is 3.30. The van der Waals surface area contributed by atoms with Gasteiger partial charge in [-0.25, -0.2) is 4.79 Å². The number of nitrogens with zero attached hydrogens (tertiary/aromatic N) is 2. The summed E-state index contributed by atoms with van der Waals surface area (Å²) in [6, 6.07) is -0.509. The molecule has 4 amide bonds. The first-order valence-corrected chi connectivity index (χ1v) is 16.5. The molecule has 0 aliphatic heterocycles. The second-order valence-corrected chi connectivity index (χ2v) is 11.9. The summed E-state index contributed by atoms with van der Waals surface area (Å²) >= 11 is 0. The van der Waals surface area contributed by atoms with Gasteiger partial charge in [-0.05, 0) is 76.1 Å². The van der Waals surface area contributed by atoms with E-state index >= 15 is 0 Å². The van der Waals surface area contributed by atoms with Crippen LogP contribution in [0.2, 0.25) is 0 Å². The zero-order valence-electron chi connectivity index (χ0n) is 28.8. The van der Waals surface area contributed by atoms with E-state index in [0.29, 0.717) is 31.4 Å². The Labute approximate surface area is 296 Å². The van der Waals surface area contributed by atoms with Crippen molar-refractivity contribution in [1.82, 2.24) is 21.3 Å². The molecule has 286 valence electrons. The van der Waals surface area contributed by atoms with Crippen LogP contribution in [0, 0.1) is 0 Å². The number of aliphatic carboxylic acids is 1. The van der Waals surface area contributed by atoms with Gasteiger partial charge in [0.25, 0.3) is 0 Å². The molecule has 6 atom stereocenters. The highest BCUT2D eigenvalue weighted by molar-refractivity contribution is 5.95. The van der Waals surface area contributed by atoms with E-state index in [9.17, 15) is 39.3 Å². The van der Waals surface area contributed by atoms with Gasteiger partial charge in [0.05, 0.1) is 12.1 Å². The van der Waals surface area contributed by atoms with Crippen molar-refractivity contribution >= 4 is 41.5 Å². The van der Waals surface area contributed by atoms with Crippen LogP contribution in [0.3, 0.4) is 0 Å². The Kier molecular flexibility index (Phi) is 20.0. The number of unbranched alkanes of at least 4 members (excludes halogenated alkanes) is 1. The average Bonchev–Trinajstić information content (AvgIpc) is 3.06. The highest BCUT2D eigenvalue weighted by Crippen LogP contribution is 2.13. The zero-order chi connectivity index (χ0) is 38.5. The fraction of sp³-hybridized carbons (Fsp3) is 0.581. The molecule has 20 heteroatoms. The van der Waals surface area contributed by atoms with E-state index < -0.39 is 65.9 Å². The normalized spacial score (nSPS) is 14.4. The predicted molar refractivity (Wildman–Crippen MR) is 190 cm³/mol. The maximum atomic E-state index is 13.8. The SMILES string of the molecule is C[C@@H](O)[C@H](NC(=O)[C@H](CCCN=C(N)N)NC(=O)[C@H](CCCCN)NC(=O)[C@H](Cc1ccc(O)cc1)NC(=O)[C@@H](N)CCCN=C(N)N)C(=O)O. The molecule has 0 saturated carbocycles. The molecular weight excluding hydrogens is 668 g/mol. The van der Waals surface area contributed by atoms with Gasteiger partial charge < -0.3 is 71.0 Å². The van der Waals surface area contributed by atoms with E-state index in [1.807, 2.05) is 0 Å². The van der Waals surface area contributed by atoms with E-state index in [0.717, 1.165) is 0 Å². The Hall–Kier alpha value is -5.21. The van der Waals surface area contributed by atoms with E-state index in [4.69, 9.17) is 34.4 Å². The fourth-order valence-electron chi connectivity index (χ4n) is 4.73. The maximum Gasteiger partial charge on any atom is 0.328 e. The van der Waals surface area contributed by atoms with Crippen LogP contribution in [0.25, 0.3) is 0 Å². The number of hydrogen-bond acceptors (Lipinski definition) is 11. The molecule has 0 radical (unpaired) electrons. The van der Waals surface area contributed by atoms with Crippen molar-refractivity contribution in [3.63, 3.8) is 0 Å². The number of nitrogens with one attached hydrogen (secondary N) is 4. The van der Waals surface area contributed by atoms with Crippen molar-refractivity contribution in [2.24, 2.45) is 44.4 Å². The van der Waals surface area contributed by atoms with Crippen LogP contribution in [0.1, 0.15) is 57.4 Å². The molecule has 20 nitrogen and oxygen atoms in total. The number of guanidine groups is 2. The first kappa shape index (κ1) is 43.8. The number of hydrogen-bond donors (Lipinski definition) is 13. The maximum absolute atomic E-state index is 13.8. The number of nitrogens with two attached hydrogens (primary N) is 6. The molecule has 0 spiro atoms. The second-order valence-electron chi connectivity index (χ2n) is 11.9. The highest BCUT2D eigenvalue weighted by atomic mass is 16.4. The Morgan fingerprint density at radius 1 is 0.706 bits per heavy atom. The third kappa shape index (κ3) is 17.8. The number of aliphatic hydroxyl groups is 1. The first-order valence-electron chi connectivity index (χ1n) is 16.5. The number of phenols is 1. The molecule has 51 heavy (non-hydrogen) atoms. The molecule has 19 N–H and O–H groups in total. The first-order chi connectivity index (χ1) is 24.0. The van der Waals surface area contributed by atoms with Crippen molar-refractivity contribution in [3.05, 3.63) is 29.8 Å². The highest BCUT2D eigenvalue weighted by Gasteiger charge is 2.33. The number of rotatable bonds is 24. The second kappa shape index (κ2) is 23.2. The quantitative estimate of drug-likeness (QED) is 0.0274. The molecular formula is C31H54N12O8. The number of aromatic hydroxyl groups is 1. The predicted octanol–water partition coefficient (Wildman–Crippen LogP) is -4.10. The van der Waals surface area contributed by atoms with Crippen LogP contribution in [-0.2, 0) is 30.4 Å². The van der Waals surface area contributed by atoms with Gasteiger partial charge in [0.2, 0.25) is 23.6 Å². The summed E-state index contributed by atoms with van der Waals surface area (Å²) in [4.78, 5) is 73.0. The van der Waals surface area contributed by atoms with E-state index in [2.05, 4.69) is 31.3 Å². The summed E-state index contributed by atoms with van der Waals surface area (Å²) in [5.41, 5.74) is 33.7. The van der Waals surface area contributed by atoms with Crippen molar-refractivity contribution in [2.75, 3.05) is 19.6 Å². The summed E-state index contributed by atoms with van der Waals surface area (Å²) in [5.74, 6) is -4.88. The molecule has 0 unspecified atom stereocenters. The Morgan fingerprint density at radius 3 is 1.67 bits per heavy atom. The molecule has 0 aliphatic rings. The largest absolute Gasteiger partial charge is 0.508 e. The number of phenolic OH excluding ortho intramolecular Hbond substituents is 1. The number of carboxylic acids is 1. The minimum atomic E-state index is -1.67. The van der Waals surface area contributed by atoms with Crippen LogP contribution in [0.4, 0.5) is 0 Å². The molecule has 0 heterocycles. The van der Waals surface area contributed by atoms with Crippen LogP contribution in [-0.4, -0.2) is 113 Å². The summed E-state index contributed by atoms with van der Waals surface area (Å²) in [5, 5.41) is 39.1. The van der Waals surface area contributed by atoms with Gasteiger partial charge in [-0.1, -0.05) is 12.1 Å². The summed E-state index contributed by atoms with van der Waals surface area (Å²) in [6.45, 7) is 1.81. The summed E-state index contributed by atoms with van der Waals surface area (Å²) < 4.78 is 0. The average molecular weight is 723 g/mol. The minimum Gasteiger partial charge on any atom is -0.508 e. The van der Waals surface area contributed by atoms with Crippen LogP contribution in [0.15, 0.2) is 34.3 Å². The van der Waals surface area contributed by atoms with E-state index in [1.165, 1.54) is 19.1 Å². The molecule has 0 aliphatic carbocycles. The Bertz CT molecular complexity index is 1330. The minimum absolute atomic E-state index is 0.0109. The van der Waals surface area contributed by atoms with Crippen molar-refractivity contribution < 1.29 is 39.3 Å². The number of carbonyl (C=O) groups excluding carboxylic acids is 4. The van der Waals surface area contributed by atoms with Crippen molar-refractivity contribution in [1.29, 1.82) is 0 Å². The third-order valence-electron chi connectivity index (χ3n) is 7.52. The van der Waals surface area contributed by atoms with Crippen molar-refractivity contribution in [2.45, 2.75) is 94.6 Å². The number of benzene rings is 1. The summed E-state index contributed by atoms with van der Waals surface area (Å²) in [7, 11) is 0. The molecule has 0 aromatic heterocycles. The van der Waals surface area contributed by atoms with Gasteiger partial charge in [-0.15, -0.1) is 0 Å². The number of aliphatic imine (C=N–C) groups is 2. The summed E-state index contributed by atoms with van der Waals surface area (Å²) in [6.07, 6.45) is 0.229. The van der Waals surface area contributed by atoms with Crippen molar-refractivity contribution in [3.8, 4) is 5.75 Å². The number of amides is 4. The number of aliphatic hydroxyl groups excluding tert-OH is 1. The molecule has 1 aromatic rings. The van der Waals surface area contributed by atoms with Gasteiger partial charge in [0.15, 0.2) is 18.0 Å². The third-order valence-corrected chi connectivity index (χ3v) is 7.52.